The number of benzene rings is 2. The molecule has 0 saturated heterocycles. The van der Waals surface area contributed by atoms with Crippen LogP contribution < -0.4 is 15.1 Å². The van der Waals surface area contributed by atoms with Crippen LogP contribution in [0.15, 0.2) is 54.6 Å². The maximum atomic E-state index is 13.0. The topological polar surface area (TPSA) is 36.8 Å². The molecule has 2 aromatic carbocycles. The summed E-state index contributed by atoms with van der Waals surface area (Å²) in [4.78, 5) is 16.4. The Hall–Kier alpha value is -2.33. The Bertz CT molecular complexity index is 708. The van der Waals surface area contributed by atoms with Crippen LogP contribution in [0.25, 0.3) is 0 Å². The molecule has 1 amide bonds. The van der Waals surface area contributed by atoms with E-state index in [2.05, 4.69) is 53.5 Å². The highest BCUT2D eigenvalue weighted by molar-refractivity contribution is 5.82. The molecule has 0 heterocycles. The minimum atomic E-state index is -0.171. The van der Waals surface area contributed by atoms with E-state index in [0.717, 1.165) is 31.5 Å². The lowest BCUT2D eigenvalue weighted by Gasteiger charge is -2.27. The van der Waals surface area contributed by atoms with Crippen LogP contribution in [-0.4, -0.2) is 32.6 Å². The fourth-order valence-corrected chi connectivity index (χ4v) is 3.34. The van der Waals surface area contributed by atoms with E-state index in [1.807, 2.05) is 32.3 Å². The first kappa shape index (κ1) is 18.5. The monoisotopic (exact) mass is 352 g/mol. The standard InChI is InChI=1S/C22H29N3O/c1-4-25(16-17-10-14-20(15-11-17)24(2)3)21(18-8-6-5-7-9-18)22(26)23-19-12-13-19/h5-11,14-15,19,21H,4,12-13,16H2,1-3H3,(H,23,26)/p+1/t21-/m1/s1. The molecule has 4 heteroatoms. The summed E-state index contributed by atoms with van der Waals surface area (Å²) in [6, 6.07) is 19.0. The molecule has 2 N–H and O–H groups in total. The fraction of sp³-hybridized carbons (Fsp3) is 0.409. The Balaban J connectivity index is 1.81. The van der Waals surface area contributed by atoms with Gasteiger partial charge in [0, 0.05) is 37.0 Å². The lowest BCUT2D eigenvalue weighted by atomic mass is 10.0. The van der Waals surface area contributed by atoms with Gasteiger partial charge in [0.15, 0.2) is 6.04 Å². The van der Waals surface area contributed by atoms with Crippen LogP contribution in [0.1, 0.15) is 36.9 Å². The van der Waals surface area contributed by atoms with Crippen molar-refractivity contribution in [1.82, 2.24) is 5.32 Å². The number of rotatable bonds is 8. The summed E-state index contributed by atoms with van der Waals surface area (Å²) in [6.07, 6.45) is 2.22. The lowest BCUT2D eigenvalue weighted by molar-refractivity contribution is -0.934. The third-order valence-electron chi connectivity index (χ3n) is 5.07. The third-order valence-corrected chi connectivity index (χ3v) is 5.07. The summed E-state index contributed by atoms with van der Waals surface area (Å²) in [7, 11) is 4.10. The van der Waals surface area contributed by atoms with Crippen molar-refractivity contribution in [2.75, 3.05) is 25.5 Å². The largest absolute Gasteiger partial charge is 0.378 e. The number of anilines is 1. The van der Waals surface area contributed by atoms with Crippen molar-refractivity contribution in [3.8, 4) is 0 Å². The quantitative estimate of drug-likeness (QED) is 0.764. The van der Waals surface area contributed by atoms with Crippen LogP contribution in [-0.2, 0) is 11.3 Å². The second-order valence-electron chi connectivity index (χ2n) is 7.38. The van der Waals surface area contributed by atoms with Gasteiger partial charge in [0.25, 0.3) is 5.91 Å². The van der Waals surface area contributed by atoms with Gasteiger partial charge in [-0.05, 0) is 31.9 Å². The molecule has 1 saturated carbocycles. The van der Waals surface area contributed by atoms with Crippen molar-refractivity contribution >= 4 is 11.6 Å². The predicted molar refractivity (Wildman–Crippen MR) is 106 cm³/mol. The van der Waals surface area contributed by atoms with Gasteiger partial charge in [-0.1, -0.05) is 42.5 Å². The van der Waals surface area contributed by atoms with E-state index in [1.54, 1.807) is 0 Å². The highest BCUT2D eigenvalue weighted by Crippen LogP contribution is 2.20. The molecule has 2 aromatic rings. The zero-order valence-corrected chi connectivity index (χ0v) is 16.0. The number of amides is 1. The molecular formula is C22H30N3O+. The Morgan fingerprint density at radius 2 is 1.77 bits per heavy atom. The van der Waals surface area contributed by atoms with Gasteiger partial charge in [0.1, 0.15) is 6.54 Å². The smallest absolute Gasteiger partial charge is 0.283 e. The number of hydrogen-bond donors (Lipinski definition) is 2. The Kier molecular flexibility index (Phi) is 5.94. The second-order valence-corrected chi connectivity index (χ2v) is 7.38. The van der Waals surface area contributed by atoms with E-state index in [-0.39, 0.29) is 11.9 Å². The Labute approximate surface area is 156 Å². The summed E-state index contributed by atoms with van der Waals surface area (Å²) >= 11 is 0. The maximum absolute atomic E-state index is 13.0. The number of carbonyl (C=O) groups excluding carboxylic acids is 1. The summed E-state index contributed by atoms with van der Waals surface area (Å²) in [6.45, 7) is 3.89. The summed E-state index contributed by atoms with van der Waals surface area (Å²) in [5.41, 5.74) is 3.54. The van der Waals surface area contributed by atoms with E-state index < -0.39 is 0 Å². The number of nitrogens with one attached hydrogen (secondary N) is 2. The number of likely N-dealkylation sites (N-methyl/N-ethyl adjacent to an activating group) is 1. The summed E-state index contributed by atoms with van der Waals surface area (Å²) in [5.74, 6) is 0.153. The van der Waals surface area contributed by atoms with E-state index in [9.17, 15) is 4.79 Å². The molecule has 1 aliphatic rings. The van der Waals surface area contributed by atoms with Crippen LogP contribution in [0.3, 0.4) is 0 Å². The van der Waals surface area contributed by atoms with Crippen LogP contribution in [0, 0.1) is 0 Å². The zero-order valence-electron chi connectivity index (χ0n) is 16.0. The van der Waals surface area contributed by atoms with Gasteiger partial charge >= 0.3 is 0 Å². The third kappa shape index (κ3) is 4.64. The summed E-state index contributed by atoms with van der Waals surface area (Å²) < 4.78 is 0. The lowest BCUT2D eigenvalue weighted by Crippen LogP contribution is -3.12. The number of carbonyl (C=O) groups is 1. The normalized spacial score (nSPS) is 16.0. The number of quaternary nitrogens is 1. The highest BCUT2D eigenvalue weighted by Gasteiger charge is 2.34. The SMILES string of the molecule is CC[NH+](Cc1ccc(N(C)C)cc1)[C@@H](C(=O)NC1CC1)c1ccccc1. The van der Waals surface area contributed by atoms with Crippen molar-refractivity contribution in [1.29, 1.82) is 0 Å². The minimum Gasteiger partial charge on any atom is -0.378 e. The first-order valence-electron chi connectivity index (χ1n) is 9.54. The van der Waals surface area contributed by atoms with E-state index in [4.69, 9.17) is 0 Å². The average molecular weight is 353 g/mol. The molecule has 0 bridgehead atoms. The van der Waals surface area contributed by atoms with Crippen molar-refractivity contribution in [2.24, 2.45) is 0 Å². The number of nitrogens with zero attached hydrogens (tertiary/aromatic N) is 1. The predicted octanol–water partition coefficient (Wildman–Crippen LogP) is 2.18. The van der Waals surface area contributed by atoms with E-state index in [1.165, 1.54) is 16.2 Å². The van der Waals surface area contributed by atoms with Crippen molar-refractivity contribution in [3.63, 3.8) is 0 Å². The van der Waals surface area contributed by atoms with Crippen molar-refractivity contribution < 1.29 is 9.69 Å². The van der Waals surface area contributed by atoms with Crippen molar-refractivity contribution in [3.05, 3.63) is 65.7 Å². The van der Waals surface area contributed by atoms with Gasteiger partial charge in [0.05, 0.1) is 6.54 Å². The van der Waals surface area contributed by atoms with Gasteiger partial charge in [-0.15, -0.1) is 0 Å². The molecule has 0 aromatic heterocycles. The van der Waals surface area contributed by atoms with Crippen LogP contribution in [0.5, 0.6) is 0 Å². The highest BCUT2D eigenvalue weighted by atomic mass is 16.2. The van der Waals surface area contributed by atoms with Gasteiger partial charge in [0.2, 0.25) is 0 Å². The molecule has 2 atom stereocenters. The summed E-state index contributed by atoms with van der Waals surface area (Å²) in [5, 5.41) is 3.21. The average Bonchev–Trinajstić information content (AvgIpc) is 3.46. The van der Waals surface area contributed by atoms with E-state index >= 15 is 0 Å². The molecular weight excluding hydrogens is 322 g/mol. The first-order valence-corrected chi connectivity index (χ1v) is 9.54. The second kappa shape index (κ2) is 8.37. The van der Waals surface area contributed by atoms with Crippen LogP contribution in [0.4, 0.5) is 5.69 Å². The first-order chi connectivity index (χ1) is 12.6. The maximum Gasteiger partial charge on any atom is 0.283 e. The van der Waals surface area contributed by atoms with Crippen LogP contribution in [0.2, 0.25) is 0 Å². The molecule has 1 fully saturated rings. The van der Waals surface area contributed by atoms with E-state index in [0.29, 0.717) is 6.04 Å². The molecule has 0 spiro atoms. The molecule has 1 unspecified atom stereocenters. The van der Waals surface area contributed by atoms with Gasteiger partial charge in [-0.2, -0.15) is 0 Å². The van der Waals surface area contributed by atoms with Crippen molar-refractivity contribution in [2.45, 2.75) is 38.4 Å². The molecule has 1 aliphatic carbocycles. The molecule has 0 aliphatic heterocycles. The molecule has 26 heavy (non-hydrogen) atoms. The van der Waals surface area contributed by atoms with Crippen LogP contribution >= 0.6 is 0 Å². The fourth-order valence-electron chi connectivity index (χ4n) is 3.34. The molecule has 0 radical (unpaired) electrons. The number of hydrogen-bond acceptors (Lipinski definition) is 2. The zero-order chi connectivity index (χ0) is 18.5. The Morgan fingerprint density at radius 3 is 2.31 bits per heavy atom. The molecule has 4 nitrogen and oxygen atoms in total. The van der Waals surface area contributed by atoms with Gasteiger partial charge < -0.3 is 15.1 Å². The minimum absolute atomic E-state index is 0.153. The molecule has 3 rings (SSSR count). The Morgan fingerprint density at radius 1 is 1.12 bits per heavy atom. The van der Waals surface area contributed by atoms with Gasteiger partial charge in [-0.25, -0.2) is 0 Å². The molecule has 138 valence electrons. The van der Waals surface area contributed by atoms with Gasteiger partial charge in [-0.3, -0.25) is 4.79 Å².